The molecule has 0 bridgehead atoms. The van der Waals surface area contributed by atoms with Crippen LogP contribution >= 0.6 is 0 Å². The average molecular weight is 179 g/mol. The van der Waals surface area contributed by atoms with E-state index in [1.807, 2.05) is 0 Å². The van der Waals surface area contributed by atoms with Crippen LogP contribution in [-0.4, -0.2) is 23.8 Å². The smallest absolute Gasteiger partial charge is 0.319 e. The Hall–Kier alpha value is -1.91. The van der Waals surface area contributed by atoms with Gasteiger partial charge in [0.1, 0.15) is 6.29 Å². The van der Waals surface area contributed by atoms with Crippen LogP contribution in [0.15, 0.2) is 24.5 Å². The second kappa shape index (κ2) is 4.87. The molecule has 13 heavy (non-hydrogen) atoms. The second-order valence-electron chi connectivity index (χ2n) is 2.24. The summed E-state index contributed by atoms with van der Waals surface area (Å²) in [5.41, 5.74) is 0.589. The third kappa shape index (κ3) is 3.33. The number of rotatable bonds is 3. The van der Waals surface area contributed by atoms with Crippen molar-refractivity contribution in [2.24, 2.45) is 0 Å². The number of urea groups is 1. The Kier molecular flexibility index (Phi) is 3.44. The molecule has 0 radical (unpaired) electrons. The zero-order valence-electron chi connectivity index (χ0n) is 6.86. The zero-order chi connectivity index (χ0) is 9.52. The third-order valence-corrected chi connectivity index (χ3v) is 1.27. The lowest BCUT2D eigenvalue weighted by Crippen LogP contribution is -2.30. The number of nitrogens with zero attached hydrogens (tertiary/aromatic N) is 1. The predicted molar refractivity (Wildman–Crippen MR) is 47.3 cm³/mol. The number of carbonyl (C=O) groups is 2. The molecule has 2 N–H and O–H groups in total. The largest absolute Gasteiger partial charge is 0.331 e. The molecule has 1 rings (SSSR count). The number of pyridine rings is 1. The first-order valence-corrected chi connectivity index (χ1v) is 3.71. The second-order valence-corrected chi connectivity index (χ2v) is 2.24. The van der Waals surface area contributed by atoms with Crippen molar-refractivity contribution < 1.29 is 9.59 Å². The lowest BCUT2D eigenvalue weighted by atomic mass is 10.4. The van der Waals surface area contributed by atoms with Gasteiger partial charge in [-0.25, -0.2) is 4.79 Å². The first-order chi connectivity index (χ1) is 6.33. The van der Waals surface area contributed by atoms with Crippen LogP contribution in [0.25, 0.3) is 0 Å². The minimum absolute atomic E-state index is 0.00605. The Balaban J connectivity index is 2.41. The summed E-state index contributed by atoms with van der Waals surface area (Å²) in [6.07, 6.45) is 3.73. The Morgan fingerprint density at radius 1 is 1.62 bits per heavy atom. The summed E-state index contributed by atoms with van der Waals surface area (Å²) in [6, 6.07) is 2.99. The van der Waals surface area contributed by atoms with Gasteiger partial charge in [-0.15, -0.1) is 0 Å². The average Bonchev–Trinajstić information content (AvgIpc) is 2.16. The SMILES string of the molecule is O=CCNC(=O)Nc1cccnc1. The minimum atomic E-state index is -0.417. The number of anilines is 1. The summed E-state index contributed by atoms with van der Waals surface area (Å²) in [6.45, 7) is 0.00605. The van der Waals surface area contributed by atoms with Crippen molar-refractivity contribution in [2.75, 3.05) is 11.9 Å². The summed E-state index contributed by atoms with van der Waals surface area (Å²) in [4.78, 5) is 24.7. The Bertz CT molecular complexity index is 287. The van der Waals surface area contributed by atoms with Gasteiger partial charge in [-0.3, -0.25) is 4.98 Å². The molecular weight excluding hydrogens is 170 g/mol. The fourth-order valence-electron chi connectivity index (χ4n) is 0.746. The number of amides is 2. The molecule has 0 saturated carbocycles. The first kappa shape index (κ1) is 9.18. The number of hydrogen-bond donors (Lipinski definition) is 2. The molecule has 0 atom stereocenters. The molecule has 1 aromatic heterocycles. The number of nitrogens with one attached hydrogen (secondary N) is 2. The van der Waals surface area contributed by atoms with E-state index in [0.717, 1.165) is 0 Å². The van der Waals surface area contributed by atoms with E-state index in [1.165, 1.54) is 6.20 Å². The number of aldehydes is 1. The summed E-state index contributed by atoms with van der Waals surface area (Å²) < 4.78 is 0. The van der Waals surface area contributed by atoms with Crippen LogP contribution in [0.4, 0.5) is 10.5 Å². The molecule has 5 nitrogen and oxygen atoms in total. The van der Waals surface area contributed by atoms with Crippen molar-refractivity contribution in [1.82, 2.24) is 10.3 Å². The van der Waals surface area contributed by atoms with Crippen molar-refractivity contribution in [2.45, 2.75) is 0 Å². The van der Waals surface area contributed by atoms with Gasteiger partial charge in [0, 0.05) is 6.20 Å². The van der Waals surface area contributed by atoms with Crippen LogP contribution in [-0.2, 0) is 4.79 Å². The lowest BCUT2D eigenvalue weighted by molar-refractivity contribution is -0.107. The molecule has 2 amide bonds. The topological polar surface area (TPSA) is 71.1 Å². The van der Waals surface area contributed by atoms with E-state index in [9.17, 15) is 9.59 Å². The molecule has 0 saturated heterocycles. The zero-order valence-corrected chi connectivity index (χ0v) is 6.86. The van der Waals surface area contributed by atoms with Crippen molar-refractivity contribution in [1.29, 1.82) is 0 Å². The Morgan fingerprint density at radius 2 is 2.46 bits per heavy atom. The summed E-state index contributed by atoms with van der Waals surface area (Å²) >= 11 is 0. The quantitative estimate of drug-likeness (QED) is 0.660. The maximum absolute atomic E-state index is 11.0. The van der Waals surface area contributed by atoms with Crippen molar-refractivity contribution >= 4 is 18.0 Å². The third-order valence-electron chi connectivity index (χ3n) is 1.27. The van der Waals surface area contributed by atoms with Gasteiger partial charge in [0.05, 0.1) is 18.4 Å². The van der Waals surface area contributed by atoms with E-state index in [1.54, 1.807) is 18.3 Å². The Morgan fingerprint density at radius 3 is 3.08 bits per heavy atom. The van der Waals surface area contributed by atoms with Crippen LogP contribution in [0.2, 0.25) is 0 Å². The van der Waals surface area contributed by atoms with E-state index in [0.29, 0.717) is 12.0 Å². The van der Waals surface area contributed by atoms with E-state index >= 15 is 0 Å². The highest BCUT2D eigenvalue weighted by Gasteiger charge is 1.98. The molecule has 0 unspecified atom stereocenters. The van der Waals surface area contributed by atoms with Crippen molar-refractivity contribution in [3.63, 3.8) is 0 Å². The molecule has 0 aromatic carbocycles. The van der Waals surface area contributed by atoms with Crippen LogP contribution in [0, 0.1) is 0 Å². The summed E-state index contributed by atoms with van der Waals surface area (Å²) in [7, 11) is 0. The van der Waals surface area contributed by atoms with Crippen LogP contribution < -0.4 is 10.6 Å². The normalized spacial score (nSPS) is 8.92. The van der Waals surface area contributed by atoms with Crippen molar-refractivity contribution in [3.05, 3.63) is 24.5 Å². The number of hydrogen-bond acceptors (Lipinski definition) is 3. The molecule has 0 aliphatic heterocycles. The van der Waals surface area contributed by atoms with Gasteiger partial charge >= 0.3 is 6.03 Å². The molecule has 0 aliphatic rings. The van der Waals surface area contributed by atoms with Gasteiger partial charge in [-0.2, -0.15) is 0 Å². The van der Waals surface area contributed by atoms with Crippen LogP contribution in [0.5, 0.6) is 0 Å². The standard InChI is InChI=1S/C8H9N3O2/c12-5-4-10-8(13)11-7-2-1-3-9-6-7/h1-3,5-6H,4H2,(H2,10,11,13). The maximum Gasteiger partial charge on any atom is 0.319 e. The first-order valence-electron chi connectivity index (χ1n) is 3.71. The molecule has 5 heteroatoms. The van der Waals surface area contributed by atoms with E-state index in [-0.39, 0.29) is 6.54 Å². The van der Waals surface area contributed by atoms with Gasteiger partial charge in [-0.1, -0.05) is 0 Å². The molecule has 68 valence electrons. The monoisotopic (exact) mass is 179 g/mol. The van der Waals surface area contributed by atoms with E-state index < -0.39 is 6.03 Å². The van der Waals surface area contributed by atoms with Gasteiger partial charge in [0.25, 0.3) is 0 Å². The predicted octanol–water partition coefficient (Wildman–Crippen LogP) is 0.402. The minimum Gasteiger partial charge on any atom is -0.331 e. The number of aromatic nitrogens is 1. The number of carbonyl (C=O) groups excluding carboxylic acids is 2. The fraction of sp³-hybridized carbons (Fsp3) is 0.125. The molecule has 1 aromatic rings. The molecule has 0 fully saturated rings. The highest BCUT2D eigenvalue weighted by molar-refractivity contribution is 5.89. The fourth-order valence-corrected chi connectivity index (χ4v) is 0.746. The van der Waals surface area contributed by atoms with Gasteiger partial charge in [-0.05, 0) is 12.1 Å². The maximum atomic E-state index is 11.0. The van der Waals surface area contributed by atoms with E-state index in [4.69, 9.17) is 0 Å². The van der Waals surface area contributed by atoms with Gasteiger partial charge in [0.15, 0.2) is 0 Å². The van der Waals surface area contributed by atoms with Crippen LogP contribution in [0.3, 0.4) is 0 Å². The van der Waals surface area contributed by atoms with E-state index in [2.05, 4.69) is 15.6 Å². The van der Waals surface area contributed by atoms with Gasteiger partial charge in [0.2, 0.25) is 0 Å². The highest BCUT2D eigenvalue weighted by atomic mass is 16.2. The molecule has 1 heterocycles. The molecule has 0 spiro atoms. The summed E-state index contributed by atoms with van der Waals surface area (Å²) in [5, 5.41) is 4.84. The van der Waals surface area contributed by atoms with Crippen LogP contribution in [0.1, 0.15) is 0 Å². The molecular formula is C8H9N3O2. The highest BCUT2D eigenvalue weighted by Crippen LogP contribution is 2.01. The molecule has 0 aliphatic carbocycles. The Labute approximate surface area is 75.2 Å². The van der Waals surface area contributed by atoms with Gasteiger partial charge < -0.3 is 15.4 Å². The lowest BCUT2D eigenvalue weighted by Gasteiger charge is -2.03. The summed E-state index contributed by atoms with van der Waals surface area (Å²) in [5.74, 6) is 0. The van der Waals surface area contributed by atoms with Crippen molar-refractivity contribution in [3.8, 4) is 0 Å².